The smallest absolute Gasteiger partial charge is 0.338 e. The highest BCUT2D eigenvalue weighted by Crippen LogP contribution is 2.48. The Hall–Kier alpha value is -6.19. The van der Waals surface area contributed by atoms with Crippen molar-refractivity contribution >= 4 is 70.6 Å². The van der Waals surface area contributed by atoms with Crippen molar-refractivity contribution in [2.45, 2.75) is 167 Å². The standard InChI is InChI=1S/C53H70N4O27S3/c1-5-8-12-27(6-2)17-34(47(65)66)80-44-42(62)37(25-58)83-50(45(44)84-48(67)28-13-10-9-11-14-28)82-36-24-53(15-16-54-46(64)33-22-39(60)57-52(69)56-33,23-35(36)81-49(79-7-3)43(63)41(61)26(4)59)51(68)55-32-20-30(85(70,71)72)18-29-19-31(86(73,74)75)21-38(40(29)32)87(76,77)78/h9-11,13-14,18-22,26-27,34-37,41-45,49-50,58-59,61-63H,5-8,12,15-17,23-25H2,1-4H3,(H,54,64)(H,55,68)(H,65,66)(H,70,71,72)(H,73,74,75)(H,76,77,78)(H2,56,57,60,69). The van der Waals surface area contributed by atoms with Gasteiger partial charge in [0.25, 0.3) is 41.8 Å². The number of benzene rings is 3. The van der Waals surface area contributed by atoms with Gasteiger partial charge in [0.2, 0.25) is 5.91 Å². The summed E-state index contributed by atoms with van der Waals surface area (Å²) >= 11 is 0. The minimum absolute atomic E-state index is 0.0969. The number of nitrogens with one attached hydrogen (secondary N) is 4. The van der Waals surface area contributed by atoms with Gasteiger partial charge in [0, 0.05) is 24.6 Å². The van der Waals surface area contributed by atoms with Gasteiger partial charge in [-0.2, -0.15) is 25.3 Å². The maximum absolute atomic E-state index is 15.6. The third kappa shape index (κ3) is 17.6. The largest absolute Gasteiger partial charge is 0.479 e. The first-order chi connectivity index (χ1) is 40.7. The molecule has 2 heterocycles. The summed E-state index contributed by atoms with van der Waals surface area (Å²) in [7, 11) is -16.4. The number of amides is 2. The van der Waals surface area contributed by atoms with E-state index in [-0.39, 0.29) is 30.6 Å². The van der Waals surface area contributed by atoms with E-state index in [1.165, 1.54) is 31.2 Å². The third-order valence-corrected chi connectivity index (χ3v) is 17.4. The second-order valence-electron chi connectivity index (χ2n) is 21.0. The number of aliphatic hydroxyl groups excluding tert-OH is 5. The van der Waals surface area contributed by atoms with Gasteiger partial charge in [-0.15, -0.1) is 0 Å². The van der Waals surface area contributed by atoms with Crippen molar-refractivity contribution in [3.63, 3.8) is 0 Å². The first-order valence-corrected chi connectivity index (χ1v) is 31.6. The van der Waals surface area contributed by atoms with Crippen LogP contribution < -0.4 is 21.9 Å². The number of esters is 1. The van der Waals surface area contributed by atoms with Gasteiger partial charge in [-0.1, -0.05) is 57.7 Å². The van der Waals surface area contributed by atoms with E-state index >= 15 is 4.79 Å². The molecule has 0 spiro atoms. The van der Waals surface area contributed by atoms with Crippen LogP contribution in [0.4, 0.5) is 5.69 Å². The molecule has 6 rings (SSSR count). The van der Waals surface area contributed by atoms with Crippen LogP contribution in [-0.2, 0) is 68.4 Å². The van der Waals surface area contributed by atoms with E-state index in [0.29, 0.717) is 43.5 Å². The summed E-state index contributed by atoms with van der Waals surface area (Å²) in [6, 6.07) is 9.73. The van der Waals surface area contributed by atoms with Crippen molar-refractivity contribution in [1.82, 2.24) is 15.3 Å². The summed E-state index contributed by atoms with van der Waals surface area (Å²) < 4.78 is 144. The Morgan fingerprint density at radius 1 is 0.828 bits per heavy atom. The highest BCUT2D eigenvalue weighted by atomic mass is 32.2. The summed E-state index contributed by atoms with van der Waals surface area (Å²) in [5.74, 6) is -5.30. The van der Waals surface area contributed by atoms with Crippen molar-refractivity contribution in [3.05, 3.63) is 92.8 Å². The van der Waals surface area contributed by atoms with Crippen LogP contribution in [0.2, 0.25) is 0 Å². The second kappa shape index (κ2) is 29.4. The first-order valence-electron chi connectivity index (χ1n) is 27.3. The molecule has 31 nitrogen and oxygen atoms in total. The van der Waals surface area contributed by atoms with Gasteiger partial charge in [-0.25, -0.2) is 14.4 Å². The lowest BCUT2D eigenvalue weighted by Crippen LogP contribution is -2.63. The maximum atomic E-state index is 15.6. The van der Waals surface area contributed by atoms with Crippen LogP contribution in [-0.4, -0.2) is 197 Å². The number of fused-ring (bicyclic) bond motifs is 1. The van der Waals surface area contributed by atoms with Crippen molar-refractivity contribution < 1.29 is 117 Å². The van der Waals surface area contributed by atoms with Crippen molar-refractivity contribution in [2.24, 2.45) is 11.3 Å². The number of aromatic nitrogens is 2. The van der Waals surface area contributed by atoms with Crippen LogP contribution >= 0.6 is 0 Å². The summed E-state index contributed by atoms with van der Waals surface area (Å²) in [5.41, 5.74) is -5.95. The van der Waals surface area contributed by atoms with Crippen molar-refractivity contribution in [1.29, 1.82) is 0 Å². The Morgan fingerprint density at radius 3 is 2.03 bits per heavy atom. The fourth-order valence-electron chi connectivity index (χ4n) is 10.3. The molecule has 0 bridgehead atoms. The number of hydrogen-bond donors (Lipinski definition) is 13. The number of aliphatic hydroxyl groups is 5. The van der Waals surface area contributed by atoms with Crippen molar-refractivity contribution in [2.75, 3.05) is 25.1 Å². The summed E-state index contributed by atoms with van der Waals surface area (Å²) in [6.45, 7) is 4.32. The molecule has 1 aliphatic heterocycles. The van der Waals surface area contributed by atoms with Crippen LogP contribution in [0.25, 0.3) is 10.8 Å². The number of carboxylic acids is 1. The van der Waals surface area contributed by atoms with Crippen LogP contribution in [0.3, 0.4) is 0 Å². The lowest BCUT2D eigenvalue weighted by molar-refractivity contribution is -0.330. The highest BCUT2D eigenvalue weighted by molar-refractivity contribution is 7.87. The minimum Gasteiger partial charge on any atom is -0.479 e. The van der Waals surface area contributed by atoms with E-state index in [1.54, 1.807) is 6.07 Å². The zero-order valence-corrected chi connectivity index (χ0v) is 49.6. The molecule has 87 heavy (non-hydrogen) atoms. The van der Waals surface area contributed by atoms with E-state index in [0.717, 1.165) is 13.3 Å². The maximum Gasteiger partial charge on any atom is 0.338 e. The molecule has 1 saturated heterocycles. The van der Waals surface area contributed by atoms with E-state index in [9.17, 15) is 93.5 Å². The molecule has 1 aromatic heterocycles. The number of anilines is 1. The predicted molar refractivity (Wildman–Crippen MR) is 299 cm³/mol. The Morgan fingerprint density at radius 2 is 1.47 bits per heavy atom. The molecule has 1 aliphatic carbocycles. The fraction of sp³-hybridized carbons (Fsp3) is 0.547. The minimum atomic E-state index is -5.63. The van der Waals surface area contributed by atoms with E-state index in [2.05, 4.69) is 15.6 Å². The Balaban J connectivity index is 1.57. The monoisotopic (exact) mass is 1290 g/mol. The molecule has 13 N–H and O–H groups in total. The number of H-pyrrole nitrogens is 2. The average Bonchev–Trinajstić information content (AvgIpc) is 1.68. The fourth-order valence-corrected chi connectivity index (χ4v) is 12.3. The van der Waals surface area contributed by atoms with Crippen LogP contribution in [0.5, 0.6) is 0 Å². The molecule has 34 heteroatoms. The normalized spacial score (nSPS) is 23.9. The molecule has 0 radical (unpaired) electrons. The highest BCUT2D eigenvalue weighted by Gasteiger charge is 2.57. The van der Waals surface area contributed by atoms with E-state index in [4.69, 9.17) is 28.4 Å². The van der Waals surface area contributed by atoms with Gasteiger partial charge in [-0.3, -0.25) is 33.0 Å². The van der Waals surface area contributed by atoms with E-state index < -0.39 is 214 Å². The lowest BCUT2D eigenvalue weighted by atomic mass is 9.81. The van der Waals surface area contributed by atoms with Gasteiger partial charge in [0.05, 0.1) is 51.4 Å². The predicted octanol–water partition coefficient (Wildman–Crippen LogP) is 0.480. The number of carboxylic acid groups (broad SMARTS) is 1. The van der Waals surface area contributed by atoms with Gasteiger partial charge in [0.15, 0.2) is 24.8 Å². The number of aliphatic carboxylic acids is 1. The summed E-state index contributed by atoms with van der Waals surface area (Å²) in [4.78, 5) is 81.0. The first kappa shape index (κ1) is 69.9. The molecule has 14 atom stereocenters. The lowest BCUT2D eigenvalue weighted by Gasteiger charge is -2.45. The summed E-state index contributed by atoms with van der Waals surface area (Å²) in [5, 5.41) is 69.1. The number of ether oxygens (including phenoxy) is 6. The van der Waals surface area contributed by atoms with Crippen molar-refractivity contribution in [3.8, 4) is 0 Å². The molecule has 14 unspecified atom stereocenters. The number of hydrogen-bond acceptors (Lipinski definition) is 23. The van der Waals surface area contributed by atoms with E-state index in [1.807, 2.05) is 18.8 Å². The van der Waals surface area contributed by atoms with Gasteiger partial charge >= 0.3 is 17.6 Å². The Bertz CT molecular complexity index is 3530. The molecule has 2 aliphatic rings. The number of carbonyl (C=O) groups is 4. The third-order valence-electron chi connectivity index (χ3n) is 14.9. The number of rotatable bonds is 30. The quantitative estimate of drug-likeness (QED) is 0.0192. The molecule has 482 valence electrons. The second-order valence-corrected chi connectivity index (χ2v) is 25.2. The molecular formula is C53H70N4O27S3. The molecule has 2 fully saturated rings. The number of carbonyl (C=O) groups excluding carboxylic acids is 3. The molecule has 4 aromatic rings. The number of aromatic amines is 2. The molecule has 2 amide bonds. The zero-order valence-electron chi connectivity index (χ0n) is 47.2. The SMILES string of the molecule is CCCCC(CC)CC(OC1C(O)C(CO)OC(OC2CC(CCNC(=O)c3cc(=O)[nH]c(=O)[nH]3)(C(=O)Nc3cc(S(=O)(=O)O)cc4cc(S(=O)(=O)O)cc(S(=O)(=O)O)c34)CC2OC(OCC)C(O)C(O)C(C)O)C1OC(=O)c1ccccc1)C(=O)O. The topological polar surface area (TPSA) is 498 Å². The molecular weight excluding hydrogens is 1220 g/mol. The number of unbranched alkanes of at least 4 members (excludes halogenated alkanes) is 1. The summed E-state index contributed by atoms with van der Waals surface area (Å²) in [6.07, 6.45) is -22.6. The average molecular weight is 1290 g/mol. The molecule has 1 saturated carbocycles. The van der Waals surface area contributed by atoms with Gasteiger partial charge < -0.3 is 74.7 Å². The zero-order chi connectivity index (χ0) is 64.5. The van der Waals surface area contributed by atoms with Crippen LogP contribution in [0, 0.1) is 11.3 Å². The Labute approximate surface area is 497 Å². The van der Waals surface area contributed by atoms with Crippen LogP contribution in [0.15, 0.2) is 84.9 Å². The van der Waals surface area contributed by atoms with Gasteiger partial charge in [-0.05, 0) is 87.2 Å². The van der Waals surface area contributed by atoms with Crippen LogP contribution in [0.1, 0.15) is 99.9 Å². The van der Waals surface area contributed by atoms with Gasteiger partial charge in [0.1, 0.15) is 41.1 Å². The Kier molecular flexibility index (Phi) is 23.6. The molecule has 3 aromatic carbocycles.